The summed E-state index contributed by atoms with van der Waals surface area (Å²) < 4.78 is 0. The molecular weight excluding hydrogens is 394 g/mol. The van der Waals surface area contributed by atoms with Crippen molar-refractivity contribution in [3.63, 3.8) is 0 Å². The first-order valence-corrected chi connectivity index (χ1v) is 11.2. The molecule has 1 saturated heterocycles. The zero-order chi connectivity index (χ0) is 20.9. The second-order valence-electron chi connectivity index (χ2n) is 7.63. The number of nitrogens with zero attached hydrogens (tertiary/aromatic N) is 4. The first-order valence-electron chi connectivity index (χ1n) is 10.2. The highest BCUT2D eigenvalue weighted by Gasteiger charge is 2.21. The Hall–Kier alpha value is -2.82. The number of aromatic nitrogens is 2. The number of aliphatic hydroxyl groups excluding tert-OH is 1. The fourth-order valence-corrected chi connectivity index (χ4v) is 4.35. The third kappa shape index (κ3) is 4.84. The van der Waals surface area contributed by atoms with Crippen molar-refractivity contribution in [2.45, 2.75) is 30.8 Å². The molecule has 30 heavy (non-hydrogen) atoms. The normalized spacial score (nSPS) is 15.7. The highest BCUT2D eigenvalue weighted by Crippen LogP contribution is 2.30. The average Bonchev–Trinajstić information content (AvgIpc) is 2.78. The number of anilines is 3. The van der Waals surface area contributed by atoms with Crippen molar-refractivity contribution in [3.05, 3.63) is 48.8 Å². The van der Waals surface area contributed by atoms with Crippen LogP contribution in [0.4, 0.5) is 17.3 Å². The Labute approximate surface area is 181 Å². The molecule has 1 aliphatic rings. The molecule has 1 aliphatic heterocycles. The maximum Gasteiger partial charge on any atom is 0.136 e. The summed E-state index contributed by atoms with van der Waals surface area (Å²) in [6.45, 7) is 3.49. The van der Waals surface area contributed by atoms with Crippen LogP contribution in [0.1, 0.15) is 19.8 Å². The van der Waals surface area contributed by atoms with Crippen molar-refractivity contribution < 1.29 is 5.11 Å². The number of fused-ring (bicyclic) bond motifs is 1. The summed E-state index contributed by atoms with van der Waals surface area (Å²) in [6.07, 6.45) is 5.14. The van der Waals surface area contributed by atoms with Crippen molar-refractivity contribution in [2.24, 2.45) is 5.92 Å². The first kappa shape index (κ1) is 20.5. The lowest BCUT2D eigenvalue weighted by atomic mass is 9.98. The summed E-state index contributed by atoms with van der Waals surface area (Å²) in [6, 6.07) is 14.5. The molecule has 1 atom stereocenters. The molecule has 0 aliphatic carbocycles. The highest BCUT2D eigenvalue weighted by atomic mass is 32.2. The predicted octanol–water partition coefficient (Wildman–Crippen LogP) is 4.59. The Morgan fingerprint density at radius 2 is 2.00 bits per heavy atom. The van der Waals surface area contributed by atoms with Crippen molar-refractivity contribution in [1.29, 1.82) is 5.26 Å². The smallest absolute Gasteiger partial charge is 0.136 e. The minimum absolute atomic E-state index is 0.150. The Bertz CT molecular complexity index is 1040. The van der Waals surface area contributed by atoms with Gasteiger partial charge in [-0.3, -0.25) is 0 Å². The summed E-state index contributed by atoms with van der Waals surface area (Å²) in [5.41, 5.74) is 0.962. The van der Waals surface area contributed by atoms with Crippen molar-refractivity contribution in [3.8, 4) is 6.07 Å². The van der Waals surface area contributed by atoms with Crippen LogP contribution < -0.4 is 10.2 Å². The summed E-state index contributed by atoms with van der Waals surface area (Å²) in [4.78, 5) is 12.6. The number of nitrogens with one attached hydrogen (secondary N) is 1. The monoisotopic (exact) mass is 419 g/mol. The fraction of sp³-hybridized carbons (Fsp3) is 0.348. The maximum atomic E-state index is 9.43. The number of aliphatic hydroxyl groups is 1. The van der Waals surface area contributed by atoms with Gasteiger partial charge in [0.15, 0.2) is 0 Å². The van der Waals surface area contributed by atoms with E-state index in [2.05, 4.69) is 26.3 Å². The third-order valence-corrected chi connectivity index (χ3v) is 6.48. The van der Waals surface area contributed by atoms with Gasteiger partial charge in [0.25, 0.3) is 0 Å². The molecule has 2 N–H and O–H groups in total. The van der Waals surface area contributed by atoms with Gasteiger partial charge in [-0.25, -0.2) is 9.97 Å². The lowest BCUT2D eigenvalue weighted by Crippen LogP contribution is -2.33. The number of thioether (sulfide) groups is 1. The van der Waals surface area contributed by atoms with Crippen LogP contribution >= 0.6 is 11.8 Å². The Morgan fingerprint density at radius 3 is 2.70 bits per heavy atom. The van der Waals surface area contributed by atoms with Gasteiger partial charge in [-0.15, -0.1) is 11.8 Å². The average molecular weight is 420 g/mol. The summed E-state index contributed by atoms with van der Waals surface area (Å²) >= 11 is 1.64. The van der Waals surface area contributed by atoms with Gasteiger partial charge in [0.2, 0.25) is 0 Å². The number of hydrogen-bond acceptors (Lipinski definition) is 7. The molecule has 3 heterocycles. The van der Waals surface area contributed by atoms with E-state index in [0.29, 0.717) is 5.75 Å². The second kappa shape index (κ2) is 9.33. The van der Waals surface area contributed by atoms with Gasteiger partial charge in [0.1, 0.15) is 11.6 Å². The van der Waals surface area contributed by atoms with Gasteiger partial charge >= 0.3 is 0 Å². The Kier molecular flexibility index (Phi) is 6.36. The molecule has 0 spiro atoms. The molecule has 0 saturated carbocycles. The van der Waals surface area contributed by atoms with Gasteiger partial charge in [-0.05, 0) is 56.2 Å². The van der Waals surface area contributed by atoms with Crippen LogP contribution in [0.15, 0.2) is 53.7 Å². The lowest BCUT2D eigenvalue weighted by molar-refractivity contribution is 0.220. The maximum absolute atomic E-state index is 9.43. The van der Waals surface area contributed by atoms with Crippen LogP contribution in [0, 0.1) is 17.2 Å². The van der Waals surface area contributed by atoms with E-state index in [1.807, 2.05) is 48.8 Å². The van der Waals surface area contributed by atoms with Gasteiger partial charge in [-0.1, -0.05) is 0 Å². The van der Waals surface area contributed by atoms with Crippen LogP contribution in [0.3, 0.4) is 0 Å². The van der Waals surface area contributed by atoms with E-state index in [4.69, 9.17) is 5.26 Å². The minimum atomic E-state index is -0.317. The quantitative estimate of drug-likeness (QED) is 0.565. The molecule has 1 aromatic carbocycles. The number of benzene rings is 1. The number of piperidine rings is 1. The molecule has 2 aromatic heterocycles. The molecule has 1 unspecified atom stereocenters. The topological polar surface area (TPSA) is 85.1 Å². The SMILES string of the molecule is CC(O)CSc1ccc(Nc2cc3c(N4CCC(C#N)CC4)nccc3cn2)cc1. The van der Waals surface area contributed by atoms with Gasteiger partial charge < -0.3 is 15.3 Å². The van der Waals surface area contributed by atoms with Crippen molar-refractivity contribution in [1.82, 2.24) is 9.97 Å². The van der Waals surface area contributed by atoms with E-state index < -0.39 is 0 Å². The van der Waals surface area contributed by atoms with E-state index in [1.165, 1.54) is 0 Å². The molecule has 0 radical (unpaired) electrons. The van der Waals surface area contributed by atoms with Crippen LogP contribution in [0.2, 0.25) is 0 Å². The van der Waals surface area contributed by atoms with Crippen LogP contribution in [-0.2, 0) is 0 Å². The van der Waals surface area contributed by atoms with Gasteiger partial charge in [0, 0.05) is 58.5 Å². The van der Waals surface area contributed by atoms with E-state index >= 15 is 0 Å². The number of pyridine rings is 2. The van der Waals surface area contributed by atoms with Crippen LogP contribution in [-0.4, -0.2) is 40.0 Å². The van der Waals surface area contributed by atoms with E-state index in [0.717, 1.165) is 58.9 Å². The molecule has 3 aromatic rings. The number of rotatable bonds is 6. The predicted molar refractivity (Wildman–Crippen MR) is 122 cm³/mol. The molecule has 1 fully saturated rings. The van der Waals surface area contributed by atoms with Gasteiger partial charge in [0.05, 0.1) is 12.2 Å². The standard InChI is InChI=1S/C23H25N5OS/c1-16(29)15-30-20-4-2-19(3-5-20)27-22-12-21-18(14-26-22)6-9-25-23(21)28-10-7-17(13-24)8-11-28/h2-6,9,12,14,16-17,29H,7-8,10-11,15H2,1H3,(H,26,27). The van der Waals surface area contributed by atoms with E-state index in [-0.39, 0.29) is 12.0 Å². The first-order chi connectivity index (χ1) is 14.6. The molecule has 0 amide bonds. The zero-order valence-corrected chi connectivity index (χ0v) is 17.8. The summed E-state index contributed by atoms with van der Waals surface area (Å²) in [5.74, 6) is 2.56. The second-order valence-corrected chi connectivity index (χ2v) is 8.72. The molecule has 4 rings (SSSR count). The van der Waals surface area contributed by atoms with Gasteiger partial charge in [-0.2, -0.15) is 5.26 Å². The number of nitriles is 1. The van der Waals surface area contributed by atoms with Crippen molar-refractivity contribution >= 4 is 39.9 Å². The zero-order valence-electron chi connectivity index (χ0n) is 17.0. The third-order valence-electron chi connectivity index (χ3n) is 5.22. The molecular formula is C23H25N5OS. The Morgan fingerprint density at radius 1 is 1.23 bits per heavy atom. The summed E-state index contributed by atoms with van der Waals surface area (Å²) in [7, 11) is 0. The van der Waals surface area contributed by atoms with Crippen LogP contribution in [0.25, 0.3) is 10.8 Å². The molecule has 154 valence electrons. The van der Waals surface area contributed by atoms with E-state index in [9.17, 15) is 5.11 Å². The lowest BCUT2D eigenvalue weighted by Gasteiger charge is -2.30. The Balaban J connectivity index is 1.52. The van der Waals surface area contributed by atoms with Crippen LogP contribution in [0.5, 0.6) is 0 Å². The molecule has 7 heteroatoms. The fourth-order valence-electron chi connectivity index (χ4n) is 3.59. The molecule has 0 bridgehead atoms. The number of hydrogen-bond donors (Lipinski definition) is 2. The minimum Gasteiger partial charge on any atom is -0.393 e. The largest absolute Gasteiger partial charge is 0.393 e. The highest BCUT2D eigenvalue weighted by molar-refractivity contribution is 7.99. The molecule has 6 nitrogen and oxygen atoms in total. The van der Waals surface area contributed by atoms with E-state index in [1.54, 1.807) is 18.7 Å². The van der Waals surface area contributed by atoms with Crippen molar-refractivity contribution in [2.75, 3.05) is 29.1 Å². The summed E-state index contributed by atoms with van der Waals surface area (Å²) in [5, 5.41) is 24.1.